The first-order chi connectivity index (χ1) is 9.22. The monoisotopic (exact) mass is 258 g/mol. The summed E-state index contributed by atoms with van der Waals surface area (Å²) in [5.74, 6) is 0.564. The molecule has 3 rings (SSSR count). The number of carbonyl (C=O) groups excluding carboxylic acids is 1. The number of anilines is 2. The average Bonchev–Trinajstić information content (AvgIpc) is 2.92. The van der Waals surface area contributed by atoms with Crippen LogP contribution in [0.15, 0.2) is 41.2 Å². The van der Waals surface area contributed by atoms with Gasteiger partial charge in [0.15, 0.2) is 6.61 Å². The van der Waals surface area contributed by atoms with E-state index in [9.17, 15) is 4.79 Å². The Morgan fingerprint density at radius 3 is 3.05 bits per heavy atom. The SMILES string of the molecule is CC(Nc1ccc2c(c1)NC(=O)CO2)c1ccoc1. The third kappa shape index (κ3) is 2.40. The molecule has 1 unspecified atom stereocenters. The fourth-order valence-electron chi connectivity index (χ4n) is 2.03. The summed E-state index contributed by atoms with van der Waals surface area (Å²) in [5.41, 5.74) is 2.68. The predicted octanol–water partition coefficient (Wildman–Crippen LogP) is 2.78. The molecule has 1 atom stereocenters. The van der Waals surface area contributed by atoms with Crippen molar-refractivity contribution in [3.8, 4) is 5.75 Å². The zero-order valence-corrected chi connectivity index (χ0v) is 10.5. The van der Waals surface area contributed by atoms with Crippen molar-refractivity contribution < 1.29 is 13.9 Å². The molecule has 1 amide bonds. The number of benzene rings is 1. The van der Waals surface area contributed by atoms with Crippen LogP contribution in [0.1, 0.15) is 18.5 Å². The maximum Gasteiger partial charge on any atom is 0.262 e. The fraction of sp³-hybridized carbons (Fsp3) is 0.214. The molecule has 1 aromatic carbocycles. The number of carbonyl (C=O) groups is 1. The van der Waals surface area contributed by atoms with Gasteiger partial charge in [0.25, 0.3) is 5.91 Å². The third-order valence-corrected chi connectivity index (χ3v) is 3.04. The number of amides is 1. The lowest BCUT2D eigenvalue weighted by Crippen LogP contribution is -2.25. The molecule has 1 aliphatic heterocycles. The van der Waals surface area contributed by atoms with Crippen LogP contribution in [-0.2, 0) is 4.79 Å². The lowest BCUT2D eigenvalue weighted by molar-refractivity contribution is -0.118. The Morgan fingerprint density at radius 2 is 2.26 bits per heavy atom. The zero-order valence-electron chi connectivity index (χ0n) is 10.5. The van der Waals surface area contributed by atoms with Gasteiger partial charge in [-0.05, 0) is 31.2 Å². The molecule has 5 heteroatoms. The molecule has 1 aromatic heterocycles. The van der Waals surface area contributed by atoms with Crippen LogP contribution in [0.3, 0.4) is 0 Å². The van der Waals surface area contributed by atoms with Crippen LogP contribution in [0.4, 0.5) is 11.4 Å². The lowest BCUT2D eigenvalue weighted by atomic mass is 10.1. The number of nitrogens with one attached hydrogen (secondary N) is 2. The standard InChI is InChI=1S/C14H14N2O3/c1-9(10-4-5-18-7-10)15-11-2-3-13-12(6-11)16-14(17)8-19-13/h2-7,9,15H,8H2,1H3,(H,16,17). The first-order valence-electron chi connectivity index (χ1n) is 6.08. The van der Waals surface area contributed by atoms with Gasteiger partial charge in [-0.2, -0.15) is 0 Å². The first-order valence-corrected chi connectivity index (χ1v) is 6.08. The van der Waals surface area contributed by atoms with Crippen molar-refractivity contribution in [2.45, 2.75) is 13.0 Å². The Bertz CT molecular complexity index is 593. The predicted molar refractivity (Wildman–Crippen MR) is 71.3 cm³/mol. The minimum Gasteiger partial charge on any atom is -0.482 e. The zero-order chi connectivity index (χ0) is 13.2. The van der Waals surface area contributed by atoms with Gasteiger partial charge in [0.2, 0.25) is 0 Å². The highest BCUT2D eigenvalue weighted by Crippen LogP contribution is 2.31. The topological polar surface area (TPSA) is 63.5 Å². The summed E-state index contributed by atoms with van der Waals surface area (Å²) in [4.78, 5) is 11.3. The molecule has 2 aromatic rings. The van der Waals surface area contributed by atoms with Crippen LogP contribution in [0, 0.1) is 0 Å². The maximum absolute atomic E-state index is 11.3. The highest BCUT2D eigenvalue weighted by Gasteiger charge is 2.16. The van der Waals surface area contributed by atoms with E-state index in [-0.39, 0.29) is 18.6 Å². The van der Waals surface area contributed by atoms with Gasteiger partial charge >= 0.3 is 0 Å². The highest BCUT2D eigenvalue weighted by molar-refractivity contribution is 5.96. The van der Waals surface area contributed by atoms with E-state index in [1.165, 1.54) is 0 Å². The van der Waals surface area contributed by atoms with Crippen molar-refractivity contribution in [2.75, 3.05) is 17.2 Å². The van der Waals surface area contributed by atoms with Gasteiger partial charge in [-0.15, -0.1) is 0 Å². The summed E-state index contributed by atoms with van der Waals surface area (Å²) in [6.07, 6.45) is 3.36. The van der Waals surface area contributed by atoms with Gasteiger partial charge < -0.3 is 19.8 Å². The number of hydrogen-bond acceptors (Lipinski definition) is 4. The number of rotatable bonds is 3. The second-order valence-corrected chi connectivity index (χ2v) is 4.47. The Balaban J connectivity index is 1.79. The number of fused-ring (bicyclic) bond motifs is 1. The highest BCUT2D eigenvalue weighted by atomic mass is 16.5. The van der Waals surface area contributed by atoms with Gasteiger partial charge in [0.1, 0.15) is 5.75 Å². The normalized spacial score (nSPS) is 15.1. The molecule has 0 saturated carbocycles. The second kappa shape index (κ2) is 4.68. The molecule has 0 spiro atoms. The van der Waals surface area contributed by atoms with E-state index < -0.39 is 0 Å². The summed E-state index contributed by atoms with van der Waals surface area (Å²) in [6, 6.07) is 7.67. The number of furan rings is 1. The molecule has 0 bridgehead atoms. The van der Waals surface area contributed by atoms with E-state index in [1.54, 1.807) is 12.5 Å². The Labute approximate surface area is 110 Å². The summed E-state index contributed by atoms with van der Waals surface area (Å²) in [6.45, 7) is 2.12. The Kier molecular flexibility index (Phi) is 2.87. The van der Waals surface area contributed by atoms with Crippen molar-refractivity contribution in [3.05, 3.63) is 42.4 Å². The van der Waals surface area contributed by atoms with Crippen LogP contribution in [0.25, 0.3) is 0 Å². The molecular weight excluding hydrogens is 244 g/mol. The van der Waals surface area contributed by atoms with Gasteiger partial charge in [0.05, 0.1) is 24.3 Å². The van der Waals surface area contributed by atoms with Gasteiger partial charge in [-0.1, -0.05) is 0 Å². The molecule has 0 saturated heterocycles. The molecule has 98 valence electrons. The Hall–Kier alpha value is -2.43. The van der Waals surface area contributed by atoms with E-state index in [0.29, 0.717) is 11.4 Å². The van der Waals surface area contributed by atoms with Crippen molar-refractivity contribution in [2.24, 2.45) is 0 Å². The summed E-state index contributed by atoms with van der Waals surface area (Å²) < 4.78 is 10.4. The average molecular weight is 258 g/mol. The largest absolute Gasteiger partial charge is 0.482 e. The molecule has 0 radical (unpaired) electrons. The molecule has 2 N–H and O–H groups in total. The molecular formula is C14H14N2O3. The first kappa shape index (κ1) is 11.6. The van der Waals surface area contributed by atoms with Gasteiger partial charge in [0, 0.05) is 11.3 Å². The van der Waals surface area contributed by atoms with E-state index >= 15 is 0 Å². The van der Waals surface area contributed by atoms with Gasteiger partial charge in [-0.25, -0.2) is 0 Å². The van der Waals surface area contributed by atoms with E-state index in [0.717, 1.165) is 11.3 Å². The number of ether oxygens (including phenoxy) is 1. The van der Waals surface area contributed by atoms with Crippen LogP contribution in [-0.4, -0.2) is 12.5 Å². The van der Waals surface area contributed by atoms with Crippen LogP contribution < -0.4 is 15.4 Å². The maximum atomic E-state index is 11.3. The second-order valence-electron chi connectivity index (χ2n) is 4.47. The third-order valence-electron chi connectivity index (χ3n) is 3.04. The van der Waals surface area contributed by atoms with E-state index in [4.69, 9.17) is 9.15 Å². The van der Waals surface area contributed by atoms with E-state index in [2.05, 4.69) is 10.6 Å². The Morgan fingerprint density at radius 1 is 1.37 bits per heavy atom. The lowest BCUT2D eigenvalue weighted by Gasteiger charge is -2.20. The van der Waals surface area contributed by atoms with Crippen molar-refractivity contribution in [3.63, 3.8) is 0 Å². The minimum atomic E-state index is -0.132. The van der Waals surface area contributed by atoms with Crippen molar-refractivity contribution in [1.82, 2.24) is 0 Å². The molecule has 1 aliphatic rings. The molecule has 0 aliphatic carbocycles. The number of hydrogen-bond donors (Lipinski definition) is 2. The smallest absolute Gasteiger partial charge is 0.262 e. The van der Waals surface area contributed by atoms with Crippen LogP contribution in [0.5, 0.6) is 5.75 Å². The summed E-state index contributed by atoms with van der Waals surface area (Å²) in [7, 11) is 0. The summed E-state index contributed by atoms with van der Waals surface area (Å²) >= 11 is 0. The van der Waals surface area contributed by atoms with Crippen molar-refractivity contribution in [1.29, 1.82) is 0 Å². The molecule has 0 fully saturated rings. The van der Waals surface area contributed by atoms with Crippen LogP contribution in [0.2, 0.25) is 0 Å². The molecule has 19 heavy (non-hydrogen) atoms. The van der Waals surface area contributed by atoms with Crippen LogP contribution >= 0.6 is 0 Å². The molecule has 2 heterocycles. The molecule has 5 nitrogen and oxygen atoms in total. The quantitative estimate of drug-likeness (QED) is 0.888. The minimum absolute atomic E-state index is 0.0746. The van der Waals surface area contributed by atoms with E-state index in [1.807, 2.05) is 31.2 Å². The van der Waals surface area contributed by atoms with Crippen molar-refractivity contribution >= 4 is 17.3 Å². The van der Waals surface area contributed by atoms with Gasteiger partial charge in [-0.3, -0.25) is 4.79 Å². The fourth-order valence-corrected chi connectivity index (χ4v) is 2.03. The summed E-state index contributed by atoms with van der Waals surface area (Å²) in [5, 5.41) is 6.13.